The van der Waals surface area contributed by atoms with Crippen molar-refractivity contribution in [2.75, 3.05) is 32.2 Å². The third kappa shape index (κ3) is 5.97. The Bertz CT molecular complexity index is 682. The van der Waals surface area contributed by atoms with Gasteiger partial charge in [0.2, 0.25) is 0 Å². The molecule has 0 aromatic heterocycles. The molecule has 0 amide bonds. The molecule has 0 fully saturated rings. The van der Waals surface area contributed by atoms with Gasteiger partial charge in [-0.05, 0) is 30.7 Å². The molecule has 0 spiro atoms. The van der Waals surface area contributed by atoms with Crippen LogP contribution in [0.4, 0.5) is 5.69 Å². The van der Waals surface area contributed by atoms with Gasteiger partial charge in [-0.3, -0.25) is 0 Å². The molecule has 0 saturated heterocycles. The maximum absolute atomic E-state index is 11.9. The van der Waals surface area contributed by atoms with E-state index < -0.39 is 11.9 Å². The minimum absolute atomic E-state index is 0.0896. The monoisotopic (exact) mass is 328 g/mol. The number of hydrogen-bond donors (Lipinski definition) is 0. The van der Waals surface area contributed by atoms with Crippen LogP contribution >= 0.6 is 0 Å². The van der Waals surface area contributed by atoms with E-state index in [4.69, 9.17) is 14.7 Å². The van der Waals surface area contributed by atoms with Crippen molar-refractivity contribution < 1.29 is 19.1 Å². The number of nitriles is 1. The molecule has 1 rings (SSSR count). The molecule has 6 nitrogen and oxygen atoms in total. The van der Waals surface area contributed by atoms with E-state index in [0.29, 0.717) is 5.56 Å². The van der Waals surface area contributed by atoms with Crippen LogP contribution in [0.5, 0.6) is 0 Å². The molecule has 6 heteroatoms. The number of ether oxygens (including phenoxy) is 2. The lowest BCUT2D eigenvalue weighted by atomic mass is 10.1. The molecule has 1 aromatic rings. The van der Waals surface area contributed by atoms with Crippen molar-refractivity contribution >= 4 is 23.7 Å². The summed E-state index contributed by atoms with van der Waals surface area (Å²) >= 11 is 0. The fraction of sp³-hybridized carbons (Fsp3) is 0.278. The zero-order chi connectivity index (χ0) is 18.1. The fourth-order valence-corrected chi connectivity index (χ4v) is 1.64. The van der Waals surface area contributed by atoms with Gasteiger partial charge in [-0.2, -0.15) is 5.26 Å². The first kappa shape index (κ1) is 19.0. The van der Waals surface area contributed by atoms with Gasteiger partial charge < -0.3 is 14.4 Å². The van der Waals surface area contributed by atoms with Crippen LogP contribution in [-0.4, -0.2) is 39.2 Å². The lowest BCUT2D eigenvalue weighted by Crippen LogP contribution is -2.15. The second-order valence-electron chi connectivity index (χ2n) is 5.21. The first-order valence-corrected chi connectivity index (χ1v) is 7.24. The predicted molar refractivity (Wildman–Crippen MR) is 91.1 cm³/mol. The number of esters is 2. The topological polar surface area (TPSA) is 79.6 Å². The summed E-state index contributed by atoms with van der Waals surface area (Å²) in [6, 6.07) is 9.17. The Morgan fingerprint density at radius 3 is 2.17 bits per heavy atom. The first-order valence-electron chi connectivity index (χ1n) is 7.24. The molecule has 0 radical (unpaired) electrons. The standard InChI is InChI=1S/C18H20N2O4/c1-13(2)17(21)23-9-10-24-18(22)15(12-19)11-14-5-7-16(8-6-14)20(3)4/h5-8,11H,1,9-10H2,2-4H3/b15-11+. The summed E-state index contributed by atoms with van der Waals surface area (Å²) in [4.78, 5) is 25.0. The van der Waals surface area contributed by atoms with E-state index in [2.05, 4.69) is 6.58 Å². The minimum Gasteiger partial charge on any atom is -0.459 e. The van der Waals surface area contributed by atoms with Gasteiger partial charge >= 0.3 is 11.9 Å². The summed E-state index contributed by atoms with van der Waals surface area (Å²) in [5, 5.41) is 9.09. The average molecular weight is 328 g/mol. The molecule has 0 aliphatic heterocycles. The molecular weight excluding hydrogens is 308 g/mol. The quantitative estimate of drug-likeness (QED) is 0.331. The van der Waals surface area contributed by atoms with Gasteiger partial charge in [0.25, 0.3) is 0 Å². The van der Waals surface area contributed by atoms with Crippen molar-refractivity contribution in [3.8, 4) is 6.07 Å². The molecule has 126 valence electrons. The lowest BCUT2D eigenvalue weighted by Gasteiger charge is -2.11. The largest absolute Gasteiger partial charge is 0.459 e. The number of carbonyl (C=O) groups excluding carboxylic acids is 2. The highest BCUT2D eigenvalue weighted by atomic mass is 16.6. The third-order valence-corrected chi connectivity index (χ3v) is 2.96. The summed E-state index contributed by atoms with van der Waals surface area (Å²) in [6.07, 6.45) is 1.45. The van der Waals surface area contributed by atoms with Crippen LogP contribution in [0.3, 0.4) is 0 Å². The van der Waals surface area contributed by atoms with Crippen molar-refractivity contribution in [1.29, 1.82) is 5.26 Å². The van der Waals surface area contributed by atoms with E-state index in [9.17, 15) is 9.59 Å². The number of nitrogens with zero attached hydrogens (tertiary/aromatic N) is 2. The molecule has 0 bridgehead atoms. The molecule has 1 aromatic carbocycles. The van der Waals surface area contributed by atoms with Crippen LogP contribution in [0, 0.1) is 11.3 Å². The average Bonchev–Trinajstić information content (AvgIpc) is 2.56. The van der Waals surface area contributed by atoms with Crippen molar-refractivity contribution in [1.82, 2.24) is 0 Å². The Kier molecular flexibility index (Phi) is 7.24. The van der Waals surface area contributed by atoms with E-state index in [-0.39, 0.29) is 24.4 Å². The third-order valence-electron chi connectivity index (χ3n) is 2.96. The zero-order valence-electron chi connectivity index (χ0n) is 14.0. The second-order valence-corrected chi connectivity index (χ2v) is 5.21. The summed E-state index contributed by atoms with van der Waals surface area (Å²) in [5.74, 6) is -1.32. The lowest BCUT2D eigenvalue weighted by molar-refractivity contribution is -0.147. The molecule has 0 atom stereocenters. The Hall–Kier alpha value is -3.07. The highest BCUT2D eigenvalue weighted by molar-refractivity contribution is 5.97. The van der Waals surface area contributed by atoms with E-state index in [0.717, 1.165) is 5.69 Å². The molecule has 0 saturated carbocycles. The molecule has 24 heavy (non-hydrogen) atoms. The van der Waals surface area contributed by atoms with E-state index >= 15 is 0 Å². The van der Waals surface area contributed by atoms with E-state index in [1.54, 1.807) is 12.1 Å². The van der Waals surface area contributed by atoms with Crippen molar-refractivity contribution in [2.45, 2.75) is 6.92 Å². The number of rotatable bonds is 7. The number of benzene rings is 1. The summed E-state index contributed by atoms with van der Waals surface area (Å²) < 4.78 is 9.71. The summed E-state index contributed by atoms with van der Waals surface area (Å²) in [7, 11) is 3.84. The molecule has 0 N–H and O–H groups in total. The number of carbonyl (C=O) groups is 2. The highest BCUT2D eigenvalue weighted by Crippen LogP contribution is 2.15. The first-order chi connectivity index (χ1) is 11.3. The zero-order valence-corrected chi connectivity index (χ0v) is 14.0. The van der Waals surface area contributed by atoms with Crippen LogP contribution in [0.15, 0.2) is 42.0 Å². The van der Waals surface area contributed by atoms with Crippen LogP contribution in [-0.2, 0) is 19.1 Å². The van der Waals surface area contributed by atoms with Crippen molar-refractivity contribution in [3.63, 3.8) is 0 Å². The van der Waals surface area contributed by atoms with Gasteiger partial charge in [0, 0.05) is 25.4 Å². The van der Waals surface area contributed by atoms with E-state index in [1.165, 1.54) is 13.0 Å². The smallest absolute Gasteiger partial charge is 0.349 e. The van der Waals surface area contributed by atoms with Crippen molar-refractivity contribution in [2.24, 2.45) is 0 Å². The molecular formula is C18H20N2O4. The van der Waals surface area contributed by atoms with Crippen LogP contribution in [0.2, 0.25) is 0 Å². The maximum atomic E-state index is 11.9. The van der Waals surface area contributed by atoms with Gasteiger partial charge in [-0.25, -0.2) is 9.59 Å². The minimum atomic E-state index is -0.763. The summed E-state index contributed by atoms with van der Waals surface area (Å²) in [5.41, 5.74) is 1.86. The van der Waals surface area contributed by atoms with Gasteiger partial charge in [0.15, 0.2) is 0 Å². The predicted octanol–water partition coefficient (Wildman–Crippen LogP) is 2.32. The van der Waals surface area contributed by atoms with Gasteiger partial charge in [-0.1, -0.05) is 18.7 Å². The Balaban J connectivity index is 2.61. The Morgan fingerprint density at radius 2 is 1.71 bits per heavy atom. The maximum Gasteiger partial charge on any atom is 0.349 e. The van der Waals surface area contributed by atoms with Crippen molar-refractivity contribution in [3.05, 3.63) is 47.6 Å². The molecule has 0 unspecified atom stereocenters. The molecule has 0 heterocycles. The number of anilines is 1. The second kappa shape index (κ2) is 9.16. The normalized spacial score (nSPS) is 10.5. The highest BCUT2D eigenvalue weighted by Gasteiger charge is 2.11. The Morgan fingerprint density at radius 1 is 1.17 bits per heavy atom. The molecule has 0 aliphatic rings. The van der Waals surface area contributed by atoms with Gasteiger partial charge in [-0.15, -0.1) is 0 Å². The van der Waals surface area contributed by atoms with Gasteiger partial charge in [0.1, 0.15) is 24.9 Å². The van der Waals surface area contributed by atoms with Crippen LogP contribution in [0.1, 0.15) is 12.5 Å². The summed E-state index contributed by atoms with van der Waals surface area (Å²) in [6.45, 7) is 4.74. The molecule has 0 aliphatic carbocycles. The van der Waals surface area contributed by atoms with Crippen LogP contribution in [0.25, 0.3) is 6.08 Å². The van der Waals surface area contributed by atoms with E-state index in [1.807, 2.05) is 37.2 Å². The fourth-order valence-electron chi connectivity index (χ4n) is 1.64. The number of hydrogen-bond acceptors (Lipinski definition) is 6. The van der Waals surface area contributed by atoms with Crippen LogP contribution < -0.4 is 4.90 Å². The Labute approximate surface area is 141 Å². The SMILES string of the molecule is C=C(C)C(=O)OCCOC(=O)/C(C#N)=C/c1ccc(N(C)C)cc1. The van der Waals surface area contributed by atoms with Gasteiger partial charge in [0.05, 0.1) is 0 Å².